The van der Waals surface area contributed by atoms with Gasteiger partial charge in [-0.2, -0.15) is 0 Å². The van der Waals surface area contributed by atoms with E-state index in [4.69, 9.17) is 9.47 Å². The third-order valence-electron chi connectivity index (χ3n) is 5.70. The van der Waals surface area contributed by atoms with E-state index in [0.29, 0.717) is 0 Å². The molecule has 0 spiro atoms. The quantitative estimate of drug-likeness (QED) is 0.590. The van der Waals surface area contributed by atoms with E-state index in [1.807, 2.05) is 50.2 Å². The molecule has 0 aromatic heterocycles. The number of ether oxygens (including phenoxy) is 2. The second-order valence-electron chi connectivity index (χ2n) is 9.96. The van der Waals surface area contributed by atoms with Crippen molar-refractivity contribution >= 4 is 18.0 Å². The van der Waals surface area contributed by atoms with Crippen LogP contribution in [-0.2, 0) is 19.1 Å². The minimum Gasteiger partial charge on any atom is -0.458 e. The van der Waals surface area contributed by atoms with Crippen molar-refractivity contribution in [2.45, 2.75) is 65.1 Å². The number of amides is 2. The van der Waals surface area contributed by atoms with Crippen molar-refractivity contribution in [2.24, 2.45) is 5.92 Å². The third kappa shape index (κ3) is 5.95. The fourth-order valence-corrected chi connectivity index (χ4v) is 4.02. The zero-order chi connectivity index (χ0) is 25.0. The number of carbonyl (C=O) groups is 3. The van der Waals surface area contributed by atoms with E-state index in [2.05, 4.69) is 22.8 Å². The van der Waals surface area contributed by atoms with Gasteiger partial charge in [0.15, 0.2) is 0 Å². The summed E-state index contributed by atoms with van der Waals surface area (Å²) in [5.74, 6) is -1.25. The van der Waals surface area contributed by atoms with Crippen LogP contribution < -0.4 is 10.6 Å². The highest BCUT2D eigenvalue weighted by atomic mass is 16.6. The molecule has 0 aliphatic heterocycles. The molecule has 0 fully saturated rings. The Labute approximate surface area is 201 Å². The highest BCUT2D eigenvalue weighted by Gasteiger charge is 2.32. The van der Waals surface area contributed by atoms with Crippen LogP contribution in [0, 0.1) is 5.92 Å². The average molecular weight is 467 g/mol. The van der Waals surface area contributed by atoms with E-state index >= 15 is 0 Å². The van der Waals surface area contributed by atoms with E-state index in [0.717, 1.165) is 22.3 Å². The zero-order valence-corrected chi connectivity index (χ0v) is 20.7. The summed E-state index contributed by atoms with van der Waals surface area (Å²) in [5.41, 5.74) is 3.84. The Morgan fingerprint density at radius 1 is 0.882 bits per heavy atom. The molecule has 7 heteroatoms. The number of nitrogens with one attached hydrogen (secondary N) is 2. The number of hydrogen-bond donors (Lipinski definition) is 2. The molecule has 0 saturated heterocycles. The van der Waals surface area contributed by atoms with Crippen molar-refractivity contribution in [3.05, 3.63) is 59.7 Å². The van der Waals surface area contributed by atoms with Gasteiger partial charge >= 0.3 is 12.1 Å². The number of rotatable bonds is 7. The topological polar surface area (TPSA) is 93.7 Å². The van der Waals surface area contributed by atoms with E-state index in [1.54, 1.807) is 27.7 Å². The Morgan fingerprint density at radius 3 is 1.91 bits per heavy atom. The van der Waals surface area contributed by atoms with Crippen molar-refractivity contribution in [2.75, 3.05) is 6.61 Å². The lowest BCUT2D eigenvalue weighted by Gasteiger charge is -2.27. The van der Waals surface area contributed by atoms with Crippen LogP contribution in [-0.4, -0.2) is 42.3 Å². The van der Waals surface area contributed by atoms with Crippen LogP contribution in [0.25, 0.3) is 11.1 Å². The van der Waals surface area contributed by atoms with Gasteiger partial charge in [-0.3, -0.25) is 4.79 Å². The standard InChI is InChI=1S/C27H34N2O5/c1-16(2)23(25(31)34-27(4,5)6)29-24(30)17(3)28-26(32)33-15-22-20-13-9-7-11-18(20)19-12-8-10-14-21(19)22/h7-14,16-17,22-23H,15H2,1-6H3,(H,28,32)(H,29,30)/t17-,23+/m1/s1. The Hall–Kier alpha value is -3.35. The molecule has 2 amide bonds. The van der Waals surface area contributed by atoms with Gasteiger partial charge < -0.3 is 20.1 Å². The number of esters is 1. The number of hydrogen-bond acceptors (Lipinski definition) is 5. The largest absolute Gasteiger partial charge is 0.458 e. The minimum absolute atomic E-state index is 0.0697. The van der Waals surface area contributed by atoms with Crippen LogP contribution >= 0.6 is 0 Å². The Kier molecular flexibility index (Phi) is 7.64. The van der Waals surface area contributed by atoms with Gasteiger partial charge in [0.05, 0.1) is 0 Å². The molecule has 2 atom stereocenters. The SMILES string of the molecule is CC(C)[C@H](NC(=O)[C@@H](C)NC(=O)OCC1c2ccccc2-c2ccccc21)C(=O)OC(C)(C)C. The molecule has 34 heavy (non-hydrogen) atoms. The van der Waals surface area contributed by atoms with Crippen LogP contribution in [0.15, 0.2) is 48.5 Å². The lowest BCUT2D eigenvalue weighted by Crippen LogP contribution is -2.53. The van der Waals surface area contributed by atoms with Gasteiger partial charge in [-0.05, 0) is 55.9 Å². The highest BCUT2D eigenvalue weighted by molar-refractivity contribution is 5.89. The smallest absolute Gasteiger partial charge is 0.407 e. The fraction of sp³-hybridized carbons (Fsp3) is 0.444. The summed E-state index contributed by atoms with van der Waals surface area (Å²) >= 11 is 0. The van der Waals surface area contributed by atoms with Crippen LogP contribution in [0.1, 0.15) is 58.6 Å². The molecule has 1 aliphatic rings. The summed E-state index contributed by atoms with van der Waals surface area (Å²) in [5, 5.41) is 5.24. The maximum atomic E-state index is 12.7. The van der Waals surface area contributed by atoms with Crippen molar-refractivity contribution < 1.29 is 23.9 Å². The Morgan fingerprint density at radius 2 is 1.41 bits per heavy atom. The summed E-state index contributed by atoms with van der Waals surface area (Å²) < 4.78 is 10.9. The molecule has 1 aliphatic carbocycles. The second kappa shape index (κ2) is 10.3. The minimum atomic E-state index is -0.890. The fourth-order valence-electron chi connectivity index (χ4n) is 4.02. The van der Waals surface area contributed by atoms with Crippen molar-refractivity contribution in [3.63, 3.8) is 0 Å². The zero-order valence-electron chi connectivity index (χ0n) is 20.7. The van der Waals surface area contributed by atoms with Crippen molar-refractivity contribution in [1.82, 2.24) is 10.6 Å². The molecular formula is C27H34N2O5. The predicted molar refractivity (Wildman–Crippen MR) is 130 cm³/mol. The summed E-state index contributed by atoms with van der Waals surface area (Å²) in [6.07, 6.45) is -0.692. The number of alkyl carbamates (subject to hydrolysis) is 1. The van der Waals surface area contributed by atoms with Crippen LogP contribution in [0.4, 0.5) is 4.79 Å². The first-order chi connectivity index (χ1) is 16.0. The van der Waals surface area contributed by atoms with Gasteiger partial charge in [0, 0.05) is 5.92 Å². The summed E-state index contributed by atoms with van der Waals surface area (Å²) in [6.45, 7) is 10.6. The number of carbonyl (C=O) groups excluding carboxylic acids is 3. The Bertz CT molecular complexity index is 1010. The maximum Gasteiger partial charge on any atom is 0.407 e. The highest BCUT2D eigenvalue weighted by Crippen LogP contribution is 2.44. The third-order valence-corrected chi connectivity index (χ3v) is 5.70. The van der Waals surface area contributed by atoms with Gasteiger partial charge in [-0.15, -0.1) is 0 Å². The lowest BCUT2D eigenvalue weighted by molar-refractivity contribution is -0.160. The van der Waals surface area contributed by atoms with Crippen LogP contribution in [0.3, 0.4) is 0 Å². The molecule has 182 valence electrons. The molecule has 2 aromatic carbocycles. The first-order valence-corrected chi connectivity index (χ1v) is 11.6. The molecule has 2 aromatic rings. The lowest BCUT2D eigenvalue weighted by atomic mass is 9.98. The molecule has 3 rings (SSSR count). The summed E-state index contributed by atoms with van der Waals surface area (Å²) in [6, 6.07) is 14.4. The molecule has 7 nitrogen and oxygen atoms in total. The van der Waals surface area contributed by atoms with Gasteiger partial charge in [0.2, 0.25) is 5.91 Å². The van der Waals surface area contributed by atoms with Gasteiger partial charge in [0.25, 0.3) is 0 Å². The van der Waals surface area contributed by atoms with Crippen molar-refractivity contribution in [3.8, 4) is 11.1 Å². The Balaban J connectivity index is 1.58. The summed E-state index contributed by atoms with van der Waals surface area (Å²) in [4.78, 5) is 37.6. The van der Waals surface area contributed by atoms with Crippen molar-refractivity contribution in [1.29, 1.82) is 0 Å². The average Bonchev–Trinajstić information content (AvgIpc) is 3.08. The van der Waals surface area contributed by atoms with Gasteiger partial charge in [-0.25, -0.2) is 9.59 Å². The molecule has 0 saturated carbocycles. The molecule has 0 unspecified atom stereocenters. The van der Waals surface area contributed by atoms with E-state index in [1.165, 1.54) is 0 Å². The maximum absolute atomic E-state index is 12.7. The first-order valence-electron chi connectivity index (χ1n) is 11.6. The van der Waals surface area contributed by atoms with E-state index < -0.39 is 35.7 Å². The molecule has 0 bridgehead atoms. The van der Waals surface area contributed by atoms with Crippen LogP contribution in [0.5, 0.6) is 0 Å². The second-order valence-corrected chi connectivity index (χ2v) is 9.96. The molecule has 0 heterocycles. The normalized spacial score (nSPS) is 14.6. The first kappa shape index (κ1) is 25.3. The summed E-state index contributed by atoms with van der Waals surface area (Å²) in [7, 11) is 0. The van der Waals surface area contributed by atoms with E-state index in [-0.39, 0.29) is 18.4 Å². The molecule has 0 radical (unpaired) electrons. The van der Waals surface area contributed by atoms with E-state index in [9.17, 15) is 14.4 Å². The monoisotopic (exact) mass is 466 g/mol. The van der Waals surface area contributed by atoms with Gasteiger partial charge in [0.1, 0.15) is 24.3 Å². The van der Waals surface area contributed by atoms with Gasteiger partial charge in [-0.1, -0.05) is 62.4 Å². The predicted octanol–water partition coefficient (Wildman–Crippen LogP) is 4.40. The number of benzene rings is 2. The molecule has 2 N–H and O–H groups in total. The van der Waals surface area contributed by atoms with Crippen LogP contribution in [0.2, 0.25) is 0 Å². The molecular weight excluding hydrogens is 432 g/mol. The number of fused-ring (bicyclic) bond motifs is 3.